The van der Waals surface area contributed by atoms with E-state index in [9.17, 15) is 0 Å². The first-order valence-electron chi connectivity index (χ1n) is 11.7. The first-order chi connectivity index (χ1) is 14.8. The molecule has 2 heterocycles. The molecule has 5 atom stereocenters. The van der Waals surface area contributed by atoms with E-state index in [-0.39, 0.29) is 16.6 Å². The van der Waals surface area contributed by atoms with E-state index in [0.717, 1.165) is 5.92 Å². The summed E-state index contributed by atoms with van der Waals surface area (Å²) in [6, 6.07) is 31.5. The van der Waals surface area contributed by atoms with Crippen LogP contribution in [-0.2, 0) is 15.9 Å². The maximum Gasteiger partial charge on any atom is 0.126 e. The van der Waals surface area contributed by atoms with Crippen LogP contribution in [0.25, 0.3) is 0 Å². The summed E-state index contributed by atoms with van der Waals surface area (Å²) < 4.78 is 7.61. The van der Waals surface area contributed by atoms with Gasteiger partial charge in [-0.05, 0) is 53.9 Å². The van der Waals surface area contributed by atoms with Gasteiger partial charge in [0, 0.05) is 11.3 Å². The topological polar surface area (TPSA) is 9.23 Å². The van der Waals surface area contributed by atoms with Crippen LogP contribution in [0.4, 0.5) is 0 Å². The number of hydrogen-bond donors (Lipinski definition) is 0. The van der Waals surface area contributed by atoms with Crippen LogP contribution in [-0.4, -0.2) is 0 Å². The van der Waals surface area contributed by atoms with Gasteiger partial charge in [-0.3, -0.25) is 0 Å². The van der Waals surface area contributed by atoms with Crippen LogP contribution in [0.1, 0.15) is 60.8 Å². The Labute approximate surface area is 179 Å². The molecule has 1 saturated heterocycles. The van der Waals surface area contributed by atoms with Crippen molar-refractivity contribution < 1.29 is 4.74 Å². The van der Waals surface area contributed by atoms with Crippen LogP contribution in [0.5, 0.6) is 0 Å². The standard InChI is InChI=1S/C29H28O/c1-3-11-22(12-4-1)28-24-15-7-8-16-25(24)29(30-28,23-13-5-2-6-14-23)27-18-9-10-21(17-19-27)20-26(27)28/h1-8,11-16,21,26H,9-10,17-20H2/t21?,26-,27?,28+,29-/m0/s1. The molecule has 3 aromatic rings. The maximum absolute atomic E-state index is 7.61. The third kappa shape index (κ3) is 1.81. The summed E-state index contributed by atoms with van der Waals surface area (Å²) in [6.45, 7) is 0. The number of rotatable bonds is 2. The van der Waals surface area contributed by atoms with Crippen molar-refractivity contribution in [1.29, 1.82) is 0 Å². The molecule has 3 aliphatic carbocycles. The largest absolute Gasteiger partial charge is 0.349 e. The van der Waals surface area contributed by atoms with Crippen molar-refractivity contribution in [3.05, 3.63) is 107 Å². The van der Waals surface area contributed by atoms with E-state index in [2.05, 4.69) is 84.9 Å². The zero-order valence-corrected chi connectivity index (χ0v) is 17.4. The minimum atomic E-state index is -0.333. The molecule has 0 radical (unpaired) electrons. The van der Waals surface area contributed by atoms with Crippen LogP contribution < -0.4 is 0 Å². The van der Waals surface area contributed by atoms with E-state index in [0.29, 0.717) is 5.92 Å². The molecule has 0 aromatic heterocycles. The third-order valence-electron chi connectivity index (χ3n) is 9.07. The summed E-state index contributed by atoms with van der Waals surface area (Å²) in [7, 11) is 0. The Morgan fingerprint density at radius 2 is 1.33 bits per heavy atom. The Balaban J connectivity index is 1.62. The fourth-order valence-electron chi connectivity index (χ4n) is 8.10. The normalized spacial score (nSPS) is 38.1. The van der Waals surface area contributed by atoms with Gasteiger partial charge in [-0.15, -0.1) is 0 Å². The quantitative estimate of drug-likeness (QED) is 0.466. The number of fused-ring (bicyclic) bond motifs is 8. The molecular formula is C29H28O. The molecule has 0 amide bonds. The van der Waals surface area contributed by atoms with Crippen molar-refractivity contribution in [3.8, 4) is 0 Å². The number of benzene rings is 3. The van der Waals surface area contributed by atoms with E-state index >= 15 is 0 Å². The average molecular weight is 393 g/mol. The first-order valence-corrected chi connectivity index (χ1v) is 11.7. The lowest BCUT2D eigenvalue weighted by Gasteiger charge is -2.53. The lowest BCUT2D eigenvalue weighted by atomic mass is 9.47. The van der Waals surface area contributed by atoms with Gasteiger partial charge < -0.3 is 4.74 Å². The van der Waals surface area contributed by atoms with Crippen molar-refractivity contribution >= 4 is 0 Å². The Bertz CT molecular complexity index is 1100. The fraction of sp³-hybridized carbons (Fsp3) is 0.379. The summed E-state index contributed by atoms with van der Waals surface area (Å²) >= 11 is 0. The van der Waals surface area contributed by atoms with Gasteiger partial charge in [-0.1, -0.05) is 97.8 Å². The van der Waals surface area contributed by atoms with Gasteiger partial charge in [0.2, 0.25) is 0 Å². The van der Waals surface area contributed by atoms with Crippen molar-refractivity contribution in [3.63, 3.8) is 0 Å². The predicted molar refractivity (Wildman–Crippen MR) is 119 cm³/mol. The van der Waals surface area contributed by atoms with E-state index in [4.69, 9.17) is 4.74 Å². The molecule has 3 aromatic carbocycles. The van der Waals surface area contributed by atoms with Gasteiger partial charge in [0.1, 0.15) is 11.2 Å². The minimum absolute atomic E-state index is 0.186. The van der Waals surface area contributed by atoms with Crippen LogP contribution in [0.15, 0.2) is 84.9 Å². The van der Waals surface area contributed by atoms with E-state index < -0.39 is 0 Å². The molecule has 2 unspecified atom stereocenters. The SMILES string of the molecule is c1ccc([C@@]23O[C@@](c4ccccc4)(c4ccccc42)C24CCCC(CC2)C[C@@H]43)cc1. The van der Waals surface area contributed by atoms with Gasteiger partial charge >= 0.3 is 0 Å². The summed E-state index contributed by atoms with van der Waals surface area (Å²) in [4.78, 5) is 0. The highest BCUT2D eigenvalue weighted by molar-refractivity contribution is 5.59. The molecule has 8 rings (SSSR count). The summed E-state index contributed by atoms with van der Waals surface area (Å²) in [5.41, 5.74) is 5.09. The van der Waals surface area contributed by atoms with E-state index in [1.165, 1.54) is 60.8 Å². The minimum Gasteiger partial charge on any atom is -0.349 e. The molecular weight excluding hydrogens is 364 g/mol. The third-order valence-corrected chi connectivity index (χ3v) is 9.07. The summed E-state index contributed by atoms with van der Waals surface area (Å²) in [6.07, 6.45) is 7.97. The highest BCUT2D eigenvalue weighted by Crippen LogP contribution is 2.79. The Morgan fingerprint density at radius 1 is 0.667 bits per heavy atom. The second-order valence-corrected chi connectivity index (χ2v) is 10.0. The smallest absolute Gasteiger partial charge is 0.126 e. The van der Waals surface area contributed by atoms with Crippen molar-refractivity contribution in [2.24, 2.45) is 17.3 Å². The highest BCUT2D eigenvalue weighted by Gasteiger charge is 2.78. The predicted octanol–water partition coefficient (Wildman–Crippen LogP) is 6.80. The fourth-order valence-corrected chi connectivity index (χ4v) is 8.10. The van der Waals surface area contributed by atoms with Crippen molar-refractivity contribution in [2.75, 3.05) is 0 Å². The molecule has 30 heavy (non-hydrogen) atoms. The van der Waals surface area contributed by atoms with Crippen molar-refractivity contribution in [2.45, 2.75) is 49.7 Å². The van der Waals surface area contributed by atoms with E-state index in [1.807, 2.05) is 0 Å². The van der Waals surface area contributed by atoms with Crippen molar-refractivity contribution in [1.82, 2.24) is 0 Å². The zero-order valence-electron chi connectivity index (χ0n) is 17.4. The lowest BCUT2D eigenvalue weighted by Crippen LogP contribution is -2.51. The molecule has 1 spiro atoms. The van der Waals surface area contributed by atoms with Gasteiger partial charge in [0.05, 0.1) is 0 Å². The second-order valence-electron chi connectivity index (χ2n) is 10.0. The van der Waals surface area contributed by atoms with E-state index in [1.54, 1.807) is 0 Å². The molecule has 2 aliphatic heterocycles. The zero-order chi connectivity index (χ0) is 19.8. The maximum atomic E-state index is 7.61. The number of ether oxygens (including phenoxy) is 1. The average Bonchev–Trinajstić information content (AvgIpc) is 3.06. The van der Waals surface area contributed by atoms with Gasteiger partial charge in [-0.2, -0.15) is 0 Å². The van der Waals surface area contributed by atoms with Crippen LogP contribution >= 0.6 is 0 Å². The first kappa shape index (κ1) is 17.3. The Kier molecular flexibility index (Phi) is 3.38. The second kappa shape index (κ2) is 5.86. The molecule has 150 valence electrons. The molecule has 4 fully saturated rings. The molecule has 1 nitrogen and oxygen atoms in total. The lowest BCUT2D eigenvalue weighted by molar-refractivity contribution is -0.0764. The van der Waals surface area contributed by atoms with Gasteiger partial charge in [-0.25, -0.2) is 0 Å². The van der Waals surface area contributed by atoms with Gasteiger partial charge in [0.25, 0.3) is 0 Å². The van der Waals surface area contributed by atoms with Crippen LogP contribution in [0, 0.1) is 17.3 Å². The molecule has 3 saturated carbocycles. The Hall–Kier alpha value is -2.38. The molecule has 1 heteroatoms. The molecule has 4 bridgehead atoms. The summed E-state index contributed by atoms with van der Waals surface area (Å²) in [5.74, 6) is 1.40. The van der Waals surface area contributed by atoms with Crippen LogP contribution in [0.2, 0.25) is 0 Å². The number of hydrogen-bond acceptors (Lipinski definition) is 1. The summed E-state index contributed by atoms with van der Waals surface area (Å²) in [5, 5.41) is 0. The molecule has 5 aliphatic rings. The molecule has 0 N–H and O–H groups in total. The van der Waals surface area contributed by atoms with Gasteiger partial charge in [0.15, 0.2) is 0 Å². The monoisotopic (exact) mass is 392 g/mol. The Morgan fingerprint density at radius 3 is 2.10 bits per heavy atom. The van der Waals surface area contributed by atoms with Crippen LogP contribution in [0.3, 0.4) is 0 Å². The highest BCUT2D eigenvalue weighted by atomic mass is 16.5.